The third-order valence-electron chi connectivity index (χ3n) is 6.20. The first-order valence-corrected chi connectivity index (χ1v) is 10.7. The molecule has 2 atom stereocenters. The van der Waals surface area contributed by atoms with E-state index in [-0.39, 0.29) is 36.5 Å². The molecule has 0 aliphatic carbocycles. The quantitative estimate of drug-likeness (QED) is 0.788. The molecule has 0 spiro atoms. The van der Waals surface area contributed by atoms with Crippen molar-refractivity contribution in [3.05, 3.63) is 53.8 Å². The van der Waals surface area contributed by atoms with Crippen LogP contribution < -0.4 is 19.5 Å². The number of benzene rings is 2. The number of hydrogen-bond acceptors (Lipinski definition) is 5. The summed E-state index contributed by atoms with van der Waals surface area (Å²) in [6, 6.07) is 11.3. The van der Waals surface area contributed by atoms with Crippen molar-refractivity contribution in [3.8, 4) is 17.2 Å². The van der Waals surface area contributed by atoms with Crippen molar-refractivity contribution in [2.45, 2.75) is 12.3 Å². The first-order valence-electron chi connectivity index (χ1n) is 10.7. The van der Waals surface area contributed by atoms with Gasteiger partial charge in [-0.25, -0.2) is 18.9 Å². The van der Waals surface area contributed by atoms with E-state index >= 15 is 0 Å². The van der Waals surface area contributed by atoms with E-state index in [1.807, 2.05) is 6.07 Å². The van der Waals surface area contributed by atoms with Gasteiger partial charge in [0.1, 0.15) is 11.6 Å². The van der Waals surface area contributed by atoms with E-state index in [0.717, 1.165) is 5.56 Å². The molecule has 3 aliphatic heterocycles. The van der Waals surface area contributed by atoms with Crippen LogP contribution in [-0.2, 0) is 0 Å². The lowest BCUT2D eigenvalue weighted by molar-refractivity contribution is 0.108. The molecule has 32 heavy (non-hydrogen) atoms. The molecule has 1 N–H and O–H groups in total. The molecular formula is C23H24FN3O5. The van der Waals surface area contributed by atoms with E-state index in [9.17, 15) is 14.0 Å². The molecule has 3 heterocycles. The Kier molecular flexibility index (Phi) is 5.46. The monoisotopic (exact) mass is 441 g/mol. The van der Waals surface area contributed by atoms with Crippen LogP contribution in [0.15, 0.2) is 42.5 Å². The van der Waals surface area contributed by atoms with Crippen molar-refractivity contribution in [2.75, 3.05) is 39.6 Å². The zero-order valence-corrected chi connectivity index (χ0v) is 17.5. The largest absolute Gasteiger partial charge is 0.493 e. The average molecular weight is 441 g/mol. The van der Waals surface area contributed by atoms with Crippen molar-refractivity contribution in [3.63, 3.8) is 0 Å². The highest BCUT2D eigenvalue weighted by atomic mass is 19.1. The molecule has 3 aliphatic rings. The standard InChI is InChI=1S/C23H24FN3O5/c24-17-3-1-15(2-4-17)19-7-9-26(23(29)27-10-8-25-22(27)28)12-16(19)13-30-18-5-6-20-21(11-18)32-14-31-20/h1-6,11,16,19H,7-10,12-14H2,(H,25,28). The Hall–Kier alpha value is -3.49. The zero-order chi connectivity index (χ0) is 22.1. The molecule has 5 rings (SSSR count). The molecule has 0 radical (unpaired) electrons. The summed E-state index contributed by atoms with van der Waals surface area (Å²) in [5.41, 5.74) is 1.01. The van der Waals surface area contributed by atoms with Crippen LogP contribution >= 0.6 is 0 Å². The number of rotatable bonds is 4. The van der Waals surface area contributed by atoms with Gasteiger partial charge in [0, 0.05) is 38.2 Å². The van der Waals surface area contributed by atoms with Crippen LogP contribution in [0.5, 0.6) is 17.2 Å². The minimum atomic E-state index is -0.358. The SMILES string of the molecule is O=C1NCCN1C(=O)N1CCC(c2ccc(F)cc2)C(COc2ccc3c(c2)OCO3)C1. The van der Waals surface area contributed by atoms with E-state index in [0.29, 0.717) is 56.5 Å². The summed E-state index contributed by atoms with van der Waals surface area (Å²) in [6.07, 6.45) is 0.696. The molecule has 2 aromatic carbocycles. The van der Waals surface area contributed by atoms with Crippen molar-refractivity contribution in [1.29, 1.82) is 0 Å². The van der Waals surface area contributed by atoms with Crippen LogP contribution in [-0.4, -0.2) is 61.4 Å². The van der Waals surface area contributed by atoms with Crippen LogP contribution in [0.4, 0.5) is 14.0 Å². The Labute approximate surface area is 184 Å². The molecule has 2 aromatic rings. The Balaban J connectivity index is 1.33. The normalized spacial score (nSPS) is 22.1. The van der Waals surface area contributed by atoms with Gasteiger partial charge >= 0.3 is 12.1 Å². The van der Waals surface area contributed by atoms with Gasteiger partial charge < -0.3 is 24.4 Å². The fourth-order valence-corrected chi connectivity index (χ4v) is 4.52. The Morgan fingerprint density at radius 3 is 2.72 bits per heavy atom. The molecule has 0 saturated carbocycles. The van der Waals surface area contributed by atoms with Crippen LogP contribution in [0.25, 0.3) is 0 Å². The number of urea groups is 2. The lowest BCUT2D eigenvalue weighted by Crippen LogP contribution is -2.51. The van der Waals surface area contributed by atoms with Crippen LogP contribution in [0, 0.1) is 11.7 Å². The highest BCUT2D eigenvalue weighted by molar-refractivity contribution is 5.95. The van der Waals surface area contributed by atoms with Crippen molar-refractivity contribution in [2.24, 2.45) is 5.92 Å². The Morgan fingerprint density at radius 2 is 1.94 bits per heavy atom. The molecule has 9 heteroatoms. The Bertz CT molecular complexity index is 1020. The maximum atomic E-state index is 13.5. The number of fused-ring (bicyclic) bond motifs is 1. The number of amides is 4. The number of nitrogens with zero attached hydrogens (tertiary/aromatic N) is 2. The number of nitrogens with one attached hydrogen (secondary N) is 1. The number of piperidine rings is 1. The van der Waals surface area contributed by atoms with Gasteiger partial charge in [0.2, 0.25) is 6.79 Å². The lowest BCUT2D eigenvalue weighted by Gasteiger charge is -2.39. The topological polar surface area (TPSA) is 80.3 Å². The van der Waals surface area contributed by atoms with Gasteiger partial charge in [-0.3, -0.25) is 0 Å². The van der Waals surface area contributed by atoms with Gasteiger partial charge in [-0.1, -0.05) is 12.1 Å². The van der Waals surface area contributed by atoms with Gasteiger partial charge in [-0.15, -0.1) is 0 Å². The summed E-state index contributed by atoms with van der Waals surface area (Å²) in [5.74, 6) is 1.75. The second-order valence-electron chi connectivity index (χ2n) is 8.15. The lowest BCUT2D eigenvalue weighted by atomic mass is 9.81. The summed E-state index contributed by atoms with van der Waals surface area (Å²) in [7, 11) is 0. The van der Waals surface area contributed by atoms with Crippen LogP contribution in [0.2, 0.25) is 0 Å². The predicted molar refractivity (Wildman–Crippen MR) is 112 cm³/mol. The van der Waals surface area contributed by atoms with Crippen molar-refractivity contribution < 1.29 is 28.2 Å². The third kappa shape index (κ3) is 4.02. The van der Waals surface area contributed by atoms with Gasteiger partial charge in [0.05, 0.1) is 6.61 Å². The molecule has 2 fully saturated rings. The number of carbonyl (C=O) groups is 2. The number of carbonyl (C=O) groups excluding carboxylic acids is 2. The molecule has 0 bridgehead atoms. The van der Waals surface area contributed by atoms with Gasteiger partial charge in [0.25, 0.3) is 0 Å². The number of likely N-dealkylation sites (tertiary alicyclic amines) is 1. The number of halogens is 1. The maximum Gasteiger partial charge on any atom is 0.328 e. The minimum Gasteiger partial charge on any atom is -0.493 e. The molecule has 4 amide bonds. The smallest absolute Gasteiger partial charge is 0.328 e. The van der Waals surface area contributed by atoms with E-state index in [2.05, 4.69) is 5.32 Å². The van der Waals surface area contributed by atoms with Crippen molar-refractivity contribution in [1.82, 2.24) is 15.1 Å². The van der Waals surface area contributed by atoms with Crippen LogP contribution in [0.3, 0.4) is 0 Å². The molecule has 0 aromatic heterocycles. The fourth-order valence-electron chi connectivity index (χ4n) is 4.52. The molecule has 8 nitrogen and oxygen atoms in total. The second-order valence-corrected chi connectivity index (χ2v) is 8.15. The van der Waals surface area contributed by atoms with Crippen LogP contribution in [0.1, 0.15) is 17.9 Å². The summed E-state index contributed by atoms with van der Waals surface area (Å²) < 4.78 is 30.3. The summed E-state index contributed by atoms with van der Waals surface area (Å²) >= 11 is 0. The van der Waals surface area contributed by atoms with Gasteiger partial charge in [-0.05, 0) is 42.2 Å². The minimum absolute atomic E-state index is 0.0331. The summed E-state index contributed by atoms with van der Waals surface area (Å²) in [4.78, 5) is 27.8. The number of ether oxygens (including phenoxy) is 3. The van der Waals surface area contributed by atoms with E-state index in [1.54, 1.807) is 29.2 Å². The first kappa shape index (κ1) is 20.4. The van der Waals surface area contributed by atoms with E-state index in [4.69, 9.17) is 14.2 Å². The number of imide groups is 1. The Morgan fingerprint density at radius 1 is 1.12 bits per heavy atom. The van der Waals surface area contributed by atoms with Gasteiger partial charge in [0.15, 0.2) is 11.5 Å². The van der Waals surface area contributed by atoms with Crippen molar-refractivity contribution >= 4 is 12.1 Å². The highest BCUT2D eigenvalue weighted by Crippen LogP contribution is 2.37. The van der Waals surface area contributed by atoms with E-state index < -0.39 is 0 Å². The van der Waals surface area contributed by atoms with E-state index in [1.165, 1.54) is 17.0 Å². The molecular weight excluding hydrogens is 417 g/mol. The average Bonchev–Trinajstić information content (AvgIpc) is 3.46. The predicted octanol–water partition coefficient (Wildman–Crippen LogP) is 3.18. The summed E-state index contributed by atoms with van der Waals surface area (Å²) in [5, 5.41) is 2.67. The number of hydrogen-bond donors (Lipinski definition) is 1. The first-order chi connectivity index (χ1) is 15.6. The van der Waals surface area contributed by atoms with Gasteiger partial charge in [-0.2, -0.15) is 0 Å². The summed E-state index contributed by atoms with van der Waals surface area (Å²) in [6.45, 7) is 2.34. The zero-order valence-electron chi connectivity index (χ0n) is 17.5. The fraction of sp³-hybridized carbons (Fsp3) is 0.391. The maximum absolute atomic E-state index is 13.5. The molecule has 168 valence electrons. The molecule has 2 saturated heterocycles. The third-order valence-corrected chi connectivity index (χ3v) is 6.20. The molecule has 2 unspecified atom stereocenters. The highest BCUT2D eigenvalue weighted by Gasteiger charge is 2.37. The second kappa shape index (κ2) is 8.57.